The third-order valence-corrected chi connectivity index (χ3v) is 9.37. The molecule has 0 bridgehead atoms. The number of aliphatic hydroxyl groups is 1. The fourth-order valence-corrected chi connectivity index (χ4v) is 7.46. The Hall–Kier alpha value is -1.89. The summed E-state index contributed by atoms with van der Waals surface area (Å²) in [6.45, 7) is 6.45. The van der Waals surface area contributed by atoms with Crippen molar-refractivity contribution >= 4 is 17.9 Å². The summed E-state index contributed by atoms with van der Waals surface area (Å²) in [6.07, 6.45) is 7.14. The second kappa shape index (κ2) is 8.15. The summed E-state index contributed by atoms with van der Waals surface area (Å²) in [4.78, 5) is 36.3. The highest BCUT2D eigenvalue weighted by molar-refractivity contribution is 6.05. The number of rotatable bonds is 5. The van der Waals surface area contributed by atoms with Crippen LogP contribution in [0.5, 0.6) is 0 Å². The number of carboxylic acids is 1. The van der Waals surface area contributed by atoms with E-state index in [0.29, 0.717) is 25.2 Å². The molecule has 2 N–H and O–H groups in total. The van der Waals surface area contributed by atoms with Crippen LogP contribution in [0.4, 0.5) is 4.79 Å². The summed E-state index contributed by atoms with van der Waals surface area (Å²) >= 11 is 0. The van der Waals surface area contributed by atoms with Crippen molar-refractivity contribution in [3.8, 4) is 0 Å². The number of carboxylic acid groups (broad SMARTS) is 1. The summed E-state index contributed by atoms with van der Waals surface area (Å²) in [7, 11) is 0. The Labute approximate surface area is 189 Å². The zero-order valence-electron chi connectivity index (χ0n) is 19.4. The third-order valence-electron chi connectivity index (χ3n) is 9.37. The van der Waals surface area contributed by atoms with Crippen molar-refractivity contribution in [3.05, 3.63) is 11.6 Å². The van der Waals surface area contributed by atoms with Gasteiger partial charge in [-0.1, -0.05) is 32.8 Å². The third kappa shape index (κ3) is 3.47. The van der Waals surface area contributed by atoms with E-state index in [0.717, 1.165) is 44.1 Å². The monoisotopic (exact) mass is 448 g/mol. The minimum absolute atomic E-state index is 0.175. The molecule has 3 fully saturated rings. The zero-order valence-corrected chi connectivity index (χ0v) is 19.4. The number of carbonyl (C=O) groups is 3. The highest BCUT2D eigenvalue weighted by Gasteiger charge is 2.66. The predicted molar refractivity (Wildman–Crippen MR) is 116 cm³/mol. The van der Waals surface area contributed by atoms with Crippen LogP contribution in [0.3, 0.4) is 0 Å². The van der Waals surface area contributed by atoms with Crippen molar-refractivity contribution in [3.63, 3.8) is 0 Å². The van der Waals surface area contributed by atoms with Crippen molar-refractivity contribution < 1.29 is 34.1 Å². The van der Waals surface area contributed by atoms with Gasteiger partial charge in [-0.2, -0.15) is 0 Å². The molecule has 0 aliphatic heterocycles. The fraction of sp³-hybridized carbons (Fsp3) is 0.800. The molecule has 2 unspecified atom stereocenters. The van der Waals surface area contributed by atoms with Crippen LogP contribution in [0.2, 0.25) is 0 Å². The normalized spacial score (nSPS) is 42.9. The standard InChI is InChI=1S/C25H36O7/c1-4-5-12-31-22(29)32-25(30)11-9-19-16-7-6-15-13-20(26)17(21(27)28)14-23(15,2)18(16)8-10-24(19,25)3/h13,16-19,30H,4-12,14H2,1-3H3,(H,27,28)/t16-,17?,18-,19+,23+,24+,25?/m1/s1. The minimum atomic E-state index is -1.55. The van der Waals surface area contributed by atoms with Gasteiger partial charge in [0.1, 0.15) is 5.92 Å². The van der Waals surface area contributed by atoms with Gasteiger partial charge in [0, 0.05) is 11.8 Å². The first kappa shape index (κ1) is 23.3. The molecule has 0 spiro atoms. The van der Waals surface area contributed by atoms with Crippen LogP contribution < -0.4 is 0 Å². The van der Waals surface area contributed by atoms with E-state index in [-0.39, 0.29) is 29.6 Å². The Bertz CT molecular complexity index is 834. The quantitative estimate of drug-likeness (QED) is 0.276. The van der Waals surface area contributed by atoms with E-state index >= 15 is 0 Å². The molecule has 7 heteroatoms. The molecule has 4 aliphatic rings. The van der Waals surface area contributed by atoms with Crippen LogP contribution in [0.25, 0.3) is 0 Å². The Morgan fingerprint density at radius 1 is 1.16 bits per heavy atom. The van der Waals surface area contributed by atoms with Gasteiger partial charge in [-0.25, -0.2) is 4.79 Å². The maximum atomic E-state index is 12.4. The molecule has 0 aromatic heterocycles. The van der Waals surface area contributed by atoms with Gasteiger partial charge in [-0.15, -0.1) is 0 Å². The van der Waals surface area contributed by atoms with Crippen molar-refractivity contribution in [1.29, 1.82) is 0 Å². The lowest BCUT2D eigenvalue weighted by Gasteiger charge is -2.58. The number of ether oxygens (including phenoxy) is 2. The van der Waals surface area contributed by atoms with Crippen molar-refractivity contribution in [1.82, 2.24) is 0 Å². The van der Waals surface area contributed by atoms with Crippen LogP contribution in [0.15, 0.2) is 11.6 Å². The average molecular weight is 449 g/mol. The van der Waals surface area contributed by atoms with Gasteiger partial charge in [0.15, 0.2) is 5.78 Å². The SMILES string of the molecule is CCCCOC(=O)OC1(O)CC[C@H]2[C@@H]3CCC4=CC(=O)C(C(=O)O)C[C@]4(C)[C@@H]3CC[C@@]21C. The molecule has 0 amide bonds. The van der Waals surface area contributed by atoms with E-state index < -0.39 is 29.2 Å². The van der Waals surface area contributed by atoms with Crippen LogP contribution in [0.1, 0.15) is 78.6 Å². The molecule has 32 heavy (non-hydrogen) atoms. The van der Waals surface area contributed by atoms with Gasteiger partial charge in [0.05, 0.1) is 6.61 Å². The molecular weight excluding hydrogens is 412 g/mol. The molecule has 0 aromatic rings. The number of carbonyl (C=O) groups excluding carboxylic acids is 2. The number of unbranched alkanes of at least 4 members (excludes halogenated alkanes) is 1. The van der Waals surface area contributed by atoms with Gasteiger partial charge >= 0.3 is 12.1 Å². The highest BCUT2D eigenvalue weighted by atomic mass is 16.8. The van der Waals surface area contributed by atoms with Gasteiger partial charge in [-0.3, -0.25) is 9.59 Å². The molecule has 0 saturated heterocycles. The molecule has 0 radical (unpaired) electrons. The lowest BCUT2D eigenvalue weighted by molar-refractivity contribution is -0.253. The van der Waals surface area contributed by atoms with Crippen LogP contribution >= 0.6 is 0 Å². The van der Waals surface area contributed by atoms with Gasteiger partial charge in [-0.05, 0) is 74.2 Å². The second-order valence-corrected chi connectivity index (χ2v) is 10.8. The molecule has 4 rings (SSSR count). The van der Waals surface area contributed by atoms with Crippen molar-refractivity contribution in [2.24, 2.45) is 34.5 Å². The first-order valence-corrected chi connectivity index (χ1v) is 12.1. The van der Waals surface area contributed by atoms with Crippen LogP contribution in [0, 0.1) is 34.5 Å². The first-order chi connectivity index (χ1) is 15.1. The second-order valence-electron chi connectivity index (χ2n) is 10.8. The summed E-state index contributed by atoms with van der Waals surface area (Å²) < 4.78 is 10.7. The average Bonchev–Trinajstić information content (AvgIpc) is 2.98. The molecule has 4 aliphatic carbocycles. The Kier molecular flexibility index (Phi) is 5.93. The Morgan fingerprint density at radius 2 is 1.88 bits per heavy atom. The summed E-state index contributed by atoms with van der Waals surface area (Å²) in [6, 6.07) is 0. The van der Waals surface area contributed by atoms with E-state index in [4.69, 9.17) is 9.47 Å². The van der Waals surface area contributed by atoms with Crippen molar-refractivity contribution in [2.45, 2.75) is 84.3 Å². The van der Waals surface area contributed by atoms with E-state index in [2.05, 4.69) is 6.92 Å². The summed E-state index contributed by atoms with van der Waals surface area (Å²) in [5.41, 5.74) is 0.211. The Balaban J connectivity index is 1.55. The maximum absolute atomic E-state index is 12.4. The van der Waals surface area contributed by atoms with E-state index in [1.165, 1.54) is 0 Å². The summed E-state index contributed by atoms with van der Waals surface area (Å²) in [5.74, 6) is -3.11. The molecule has 0 heterocycles. The topological polar surface area (TPSA) is 110 Å². The smallest absolute Gasteiger partial charge is 0.481 e. The zero-order chi connectivity index (χ0) is 23.3. The highest BCUT2D eigenvalue weighted by Crippen LogP contribution is 2.68. The molecule has 7 nitrogen and oxygen atoms in total. The number of aliphatic carboxylic acids is 1. The lowest BCUT2D eigenvalue weighted by atomic mass is 9.46. The van der Waals surface area contributed by atoms with Crippen molar-refractivity contribution in [2.75, 3.05) is 6.61 Å². The molecule has 3 saturated carbocycles. The molecule has 178 valence electrons. The first-order valence-electron chi connectivity index (χ1n) is 12.1. The predicted octanol–water partition coefficient (Wildman–Crippen LogP) is 4.47. The molecular formula is C25H36O7. The fourth-order valence-electron chi connectivity index (χ4n) is 7.46. The van der Waals surface area contributed by atoms with E-state index in [1.807, 2.05) is 13.8 Å². The maximum Gasteiger partial charge on any atom is 0.510 e. The number of hydrogen-bond donors (Lipinski definition) is 2. The number of allylic oxidation sites excluding steroid dienone is 1. The minimum Gasteiger partial charge on any atom is -0.481 e. The number of hydrogen-bond acceptors (Lipinski definition) is 6. The lowest BCUT2D eigenvalue weighted by Crippen LogP contribution is -2.56. The largest absolute Gasteiger partial charge is 0.510 e. The van der Waals surface area contributed by atoms with Crippen LogP contribution in [-0.4, -0.2) is 40.5 Å². The Morgan fingerprint density at radius 3 is 2.56 bits per heavy atom. The van der Waals surface area contributed by atoms with E-state index in [9.17, 15) is 24.6 Å². The van der Waals surface area contributed by atoms with Gasteiger partial charge in [0.25, 0.3) is 0 Å². The molecule has 0 aromatic carbocycles. The van der Waals surface area contributed by atoms with Gasteiger partial charge in [0.2, 0.25) is 5.79 Å². The number of ketones is 1. The van der Waals surface area contributed by atoms with Gasteiger partial charge < -0.3 is 19.7 Å². The molecule has 7 atom stereocenters. The summed E-state index contributed by atoms with van der Waals surface area (Å²) in [5, 5.41) is 21.0. The van der Waals surface area contributed by atoms with Crippen LogP contribution in [-0.2, 0) is 19.1 Å². The number of fused-ring (bicyclic) bond motifs is 5. The van der Waals surface area contributed by atoms with E-state index in [1.54, 1.807) is 6.08 Å².